The van der Waals surface area contributed by atoms with Gasteiger partial charge < -0.3 is 20.1 Å². The van der Waals surface area contributed by atoms with Crippen LogP contribution in [0.2, 0.25) is 0 Å². The Hall–Kier alpha value is -0.810. The minimum absolute atomic E-state index is 0.00278. The fourth-order valence-electron chi connectivity index (χ4n) is 0.926. The smallest absolute Gasteiger partial charge is 0.407 e. The second-order valence-corrected chi connectivity index (χ2v) is 4.68. The summed E-state index contributed by atoms with van der Waals surface area (Å²) in [4.78, 5) is 13.1. The molecule has 0 aliphatic heterocycles. The molecule has 0 saturated heterocycles. The Bertz CT molecular complexity index is 199. The molecule has 0 fully saturated rings. The molecule has 5 heteroatoms. The summed E-state index contributed by atoms with van der Waals surface area (Å²) in [5.74, 6) is 0. The zero-order valence-corrected chi connectivity index (χ0v) is 10.2. The summed E-state index contributed by atoms with van der Waals surface area (Å²) in [5, 5.41) is 11.6. The van der Waals surface area contributed by atoms with E-state index in [-0.39, 0.29) is 12.6 Å². The van der Waals surface area contributed by atoms with Crippen LogP contribution in [0.4, 0.5) is 4.79 Å². The lowest BCUT2D eigenvalue weighted by atomic mass is 10.2. The van der Waals surface area contributed by atoms with Gasteiger partial charge in [0.1, 0.15) is 5.60 Å². The summed E-state index contributed by atoms with van der Waals surface area (Å²) in [5.41, 5.74) is -0.489. The van der Waals surface area contributed by atoms with E-state index in [4.69, 9.17) is 9.84 Å². The standard InChI is InChI=1S/C10H22N2O3/c1-10(2,3)15-9(14)11-6-8(7-13)12(4)5/h8,13H,6-7H2,1-5H3,(H,11,14)/t8-/m0/s1. The summed E-state index contributed by atoms with van der Waals surface area (Å²) in [7, 11) is 3.69. The molecule has 1 amide bonds. The van der Waals surface area contributed by atoms with Crippen LogP contribution in [0.1, 0.15) is 20.8 Å². The predicted molar refractivity (Wildman–Crippen MR) is 58.8 cm³/mol. The Morgan fingerprint density at radius 3 is 2.33 bits per heavy atom. The zero-order chi connectivity index (χ0) is 12.1. The average Bonchev–Trinajstić information content (AvgIpc) is 2.01. The largest absolute Gasteiger partial charge is 0.444 e. The number of carbonyl (C=O) groups excluding carboxylic acids is 1. The van der Waals surface area contributed by atoms with Crippen LogP contribution in [-0.2, 0) is 4.74 Å². The molecule has 0 heterocycles. The Labute approximate surface area is 91.4 Å². The minimum atomic E-state index is -0.489. The van der Waals surface area contributed by atoms with Crippen molar-refractivity contribution in [2.24, 2.45) is 0 Å². The average molecular weight is 218 g/mol. The molecule has 0 bridgehead atoms. The van der Waals surface area contributed by atoms with Gasteiger partial charge in [-0.15, -0.1) is 0 Å². The van der Waals surface area contributed by atoms with Crippen molar-refractivity contribution in [3.05, 3.63) is 0 Å². The number of rotatable bonds is 4. The van der Waals surface area contributed by atoms with Gasteiger partial charge in [-0.2, -0.15) is 0 Å². The highest BCUT2D eigenvalue weighted by molar-refractivity contribution is 5.67. The number of nitrogens with zero attached hydrogens (tertiary/aromatic N) is 1. The van der Waals surface area contributed by atoms with Crippen LogP contribution in [0.25, 0.3) is 0 Å². The monoisotopic (exact) mass is 218 g/mol. The molecule has 0 saturated carbocycles. The van der Waals surface area contributed by atoms with Crippen LogP contribution < -0.4 is 5.32 Å². The SMILES string of the molecule is CN(C)[C@H](CO)CNC(=O)OC(C)(C)C. The van der Waals surface area contributed by atoms with E-state index in [0.717, 1.165) is 0 Å². The highest BCUT2D eigenvalue weighted by atomic mass is 16.6. The number of alkyl carbamates (subject to hydrolysis) is 1. The first-order valence-electron chi connectivity index (χ1n) is 5.00. The van der Waals surface area contributed by atoms with Crippen molar-refractivity contribution in [2.75, 3.05) is 27.2 Å². The molecule has 0 unspecified atom stereocenters. The summed E-state index contributed by atoms with van der Waals surface area (Å²) in [6.45, 7) is 5.80. The van der Waals surface area contributed by atoms with Crippen LogP contribution in [0, 0.1) is 0 Å². The predicted octanol–water partition coefficient (Wildman–Crippen LogP) is 0.434. The topological polar surface area (TPSA) is 61.8 Å². The number of aliphatic hydroxyl groups excluding tert-OH is 1. The number of hydrogen-bond donors (Lipinski definition) is 2. The molecule has 0 rings (SSSR count). The van der Waals surface area contributed by atoms with Crippen LogP contribution in [0.15, 0.2) is 0 Å². The molecule has 2 N–H and O–H groups in total. The van der Waals surface area contributed by atoms with Gasteiger partial charge in [-0.3, -0.25) is 0 Å². The lowest BCUT2D eigenvalue weighted by Crippen LogP contribution is -2.44. The second kappa shape index (κ2) is 5.92. The summed E-state index contributed by atoms with van der Waals surface area (Å²) < 4.78 is 5.06. The van der Waals surface area contributed by atoms with Crippen molar-refractivity contribution < 1.29 is 14.6 Å². The maximum atomic E-state index is 11.3. The second-order valence-electron chi connectivity index (χ2n) is 4.68. The maximum Gasteiger partial charge on any atom is 0.407 e. The fraction of sp³-hybridized carbons (Fsp3) is 0.900. The van der Waals surface area contributed by atoms with Crippen LogP contribution in [0.3, 0.4) is 0 Å². The Kier molecular flexibility index (Phi) is 5.60. The number of likely N-dealkylation sites (N-methyl/N-ethyl adjacent to an activating group) is 1. The van der Waals surface area contributed by atoms with Gasteiger partial charge in [-0.05, 0) is 34.9 Å². The molecule has 0 aliphatic rings. The van der Waals surface area contributed by atoms with Gasteiger partial charge >= 0.3 is 6.09 Å². The molecule has 0 aromatic rings. The molecule has 0 aliphatic carbocycles. The molecule has 15 heavy (non-hydrogen) atoms. The Balaban J connectivity index is 3.89. The number of hydrogen-bond acceptors (Lipinski definition) is 4. The van der Waals surface area contributed by atoms with E-state index in [1.165, 1.54) is 0 Å². The lowest BCUT2D eigenvalue weighted by Gasteiger charge is -2.24. The van der Waals surface area contributed by atoms with E-state index < -0.39 is 11.7 Å². The molecule has 0 aromatic heterocycles. The molecular weight excluding hydrogens is 196 g/mol. The third-order valence-electron chi connectivity index (χ3n) is 1.82. The number of nitrogens with one attached hydrogen (secondary N) is 1. The summed E-state index contributed by atoms with van der Waals surface area (Å²) in [6.07, 6.45) is -0.456. The van der Waals surface area contributed by atoms with Crippen molar-refractivity contribution >= 4 is 6.09 Å². The Morgan fingerprint density at radius 1 is 1.47 bits per heavy atom. The summed E-state index contributed by atoms with van der Waals surface area (Å²) in [6, 6.07) is -0.0856. The number of amides is 1. The van der Waals surface area contributed by atoms with Crippen LogP contribution >= 0.6 is 0 Å². The fourth-order valence-corrected chi connectivity index (χ4v) is 0.926. The van der Waals surface area contributed by atoms with Gasteiger partial charge in [0.05, 0.1) is 6.61 Å². The molecular formula is C10H22N2O3. The normalized spacial score (nSPS) is 13.8. The van der Waals surface area contributed by atoms with Crippen molar-refractivity contribution in [1.29, 1.82) is 0 Å². The van der Waals surface area contributed by atoms with E-state index in [9.17, 15) is 4.79 Å². The van der Waals surface area contributed by atoms with Gasteiger partial charge in [0.2, 0.25) is 0 Å². The van der Waals surface area contributed by atoms with Gasteiger partial charge in [0, 0.05) is 12.6 Å². The van der Waals surface area contributed by atoms with E-state index in [1.807, 2.05) is 39.8 Å². The molecule has 1 atom stereocenters. The maximum absolute atomic E-state index is 11.3. The van der Waals surface area contributed by atoms with E-state index in [1.54, 1.807) is 0 Å². The van der Waals surface area contributed by atoms with Gasteiger partial charge in [0.25, 0.3) is 0 Å². The van der Waals surface area contributed by atoms with Crippen molar-refractivity contribution in [2.45, 2.75) is 32.4 Å². The van der Waals surface area contributed by atoms with Gasteiger partial charge in [-0.1, -0.05) is 0 Å². The number of carbonyl (C=O) groups is 1. The van der Waals surface area contributed by atoms with Crippen LogP contribution in [0.5, 0.6) is 0 Å². The zero-order valence-electron chi connectivity index (χ0n) is 10.2. The Morgan fingerprint density at radius 2 is 2.00 bits per heavy atom. The third kappa shape index (κ3) is 7.16. The highest BCUT2D eigenvalue weighted by Crippen LogP contribution is 2.06. The first kappa shape index (κ1) is 14.2. The van der Waals surface area contributed by atoms with E-state index >= 15 is 0 Å². The lowest BCUT2D eigenvalue weighted by molar-refractivity contribution is 0.0504. The summed E-state index contributed by atoms with van der Waals surface area (Å²) >= 11 is 0. The third-order valence-corrected chi connectivity index (χ3v) is 1.82. The van der Waals surface area contributed by atoms with E-state index in [0.29, 0.717) is 6.54 Å². The van der Waals surface area contributed by atoms with Crippen molar-refractivity contribution in [1.82, 2.24) is 10.2 Å². The van der Waals surface area contributed by atoms with Gasteiger partial charge in [-0.25, -0.2) is 4.79 Å². The quantitative estimate of drug-likeness (QED) is 0.718. The van der Waals surface area contributed by atoms with Crippen molar-refractivity contribution in [3.8, 4) is 0 Å². The number of aliphatic hydroxyl groups is 1. The van der Waals surface area contributed by atoms with E-state index in [2.05, 4.69) is 5.32 Å². The molecule has 0 radical (unpaired) electrons. The first-order chi connectivity index (χ1) is 6.76. The van der Waals surface area contributed by atoms with Gasteiger partial charge in [0.15, 0.2) is 0 Å². The number of ether oxygens (including phenoxy) is 1. The minimum Gasteiger partial charge on any atom is -0.444 e. The molecule has 90 valence electrons. The molecule has 0 aromatic carbocycles. The molecule has 5 nitrogen and oxygen atoms in total. The highest BCUT2D eigenvalue weighted by Gasteiger charge is 2.17. The first-order valence-corrected chi connectivity index (χ1v) is 5.00. The molecule has 0 spiro atoms. The van der Waals surface area contributed by atoms with Crippen LogP contribution in [-0.4, -0.2) is 55.0 Å². The van der Waals surface area contributed by atoms with Crippen molar-refractivity contribution in [3.63, 3.8) is 0 Å².